The number of amides is 2. The molecule has 156 valence electrons. The van der Waals surface area contributed by atoms with Crippen molar-refractivity contribution in [3.8, 4) is 5.75 Å². The Bertz CT molecular complexity index is 867. The van der Waals surface area contributed by atoms with Crippen LogP contribution in [0.3, 0.4) is 0 Å². The van der Waals surface area contributed by atoms with E-state index < -0.39 is 11.6 Å². The number of rotatable bonds is 7. The number of hydrogen-bond donors (Lipinski definition) is 1. The maximum Gasteiger partial charge on any atom is 0.261 e. The molecule has 2 aromatic rings. The molecular weight excluding hydrogens is 456 g/mol. The van der Waals surface area contributed by atoms with Crippen LogP contribution in [0.5, 0.6) is 5.75 Å². The molecule has 0 bridgehead atoms. The van der Waals surface area contributed by atoms with E-state index in [2.05, 4.69) is 21.2 Å². The lowest BCUT2D eigenvalue weighted by Crippen LogP contribution is -2.53. The van der Waals surface area contributed by atoms with E-state index in [4.69, 9.17) is 16.3 Å². The van der Waals surface area contributed by atoms with E-state index in [0.717, 1.165) is 10.0 Å². The van der Waals surface area contributed by atoms with Crippen molar-refractivity contribution in [1.82, 2.24) is 10.2 Å². The highest BCUT2D eigenvalue weighted by atomic mass is 79.9. The van der Waals surface area contributed by atoms with Crippen LogP contribution in [0.4, 0.5) is 0 Å². The van der Waals surface area contributed by atoms with Gasteiger partial charge in [0, 0.05) is 21.6 Å². The Labute approximate surface area is 185 Å². The molecule has 0 unspecified atom stereocenters. The lowest BCUT2D eigenvalue weighted by atomic mass is 10.1. The fraction of sp³-hybridized carbons (Fsp3) is 0.364. The molecule has 2 aromatic carbocycles. The van der Waals surface area contributed by atoms with Gasteiger partial charge in [0.1, 0.15) is 11.8 Å². The standard InChI is InChI=1S/C22H26BrClN2O3/c1-15(21(28)25-22(2,3)4)26(13-16-7-5-8-17(23)11-16)20(27)14-29-19-10-6-9-18(24)12-19/h5-12,15H,13-14H2,1-4H3,(H,25,28)/t15-/m0/s1. The minimum absolute atomic E-state index is 0.193. The van der Waals surface area contributed by atoms with E-state index in [0.29, 0.717) is 10.8 Å². The van der Waals surface area contributed by atoms with Crippen LogP contribution >= 0.6 is 27.5 Å². The fourth-order valence-corrected chi connectivity index (χ4v) is 3.30. The number of hydrogen-bond acceptors (Lipinski definition) is 3. The Morgan fingerprint density at radius 3 is 2.48 bits per heavy atom. The molecule has 7 heteroatoms. The van der Waals surface area contributed by atoms with Gasteiger partial charge in [0.25, 0.3) is 5.91 Å². The molecule has 0 fully saturated rings. The first-order valence-electron chi connectivity index (χ1n) is 9.29. The molecule has 5 nitrogen and oxygen atoms in total. The maximum absolute atomic E-state index is 13.0. The van der Waals surface area contributed by atoms with E-state index in [1.54, 1.807) is 31.2 Å². The number of ether oxygens (including phenoxy) is 1. The second-order valence-electron chi connectivity index (χ2n) is 7.81. The summed E-state index contributed by atoms with van der Waals surface area (Å²) in [5.41, 5.74) is 0.513. The van der Waals surface area contributed by atoms with Gasteiger partial charge in [-0.25, -0.2) is 0 Å². The normalized spacial score (nSPS) is 12.2. The second kappa shape index (κ2) is 10.1. The van der Waals surface area contributed by atoms with Crippen molar-refractivity contribution >= 4 is 39.3 Å². The lowest BCUT2D eigenvalue weighted by molar-refractivity contribution is -0.142. The molecule has 0 saturated heterocycles. The summed E-state index contributed by atoms with van der Waals surface area (Å²) in [6, 6.07) is 13.8. The average molecular weight is 482 g/mol. The van der Waals surface area contributed by atoms with Gasteiger partial charge in [0.05, 0.1) is 0 Å². The molecule has 1 N–H and O–H groups in total. The smallest absolute Gasteiger partial charge is 0.261 e. The molecule has 1 atom stereocenters. The van der Waals surface area contributed by atoms with Crippen LogP contribution < -0.4 is 10.1 Å². The lowest BCUT2D eigenvalue weighted by Gasteiger charge is -2.31. The summed E-state index contributed by atoms with van der Waals surface area (Å²) in [7, 11) is 0. The van der Waals surface area contributed by atoms with Crippen LogP contribution in [0.2, 0.25) is 5.02 Å². The summed E-state index contributed by atoms with van der Waals surface area (Å²) in [6.07, 6.45) is 0. The Balaban J connectivity index is 2.18. The molecule has 0 radical (unpaired) electrons. The van der Waals surface area contributed by atoms with Crippen molar-refractivity contribution in [3.63, 3.8) is 0 Å². The van der Waals surface area contributed by atoms with Gasteiger partial charge in [-0.1, -0.05) is 45.7 Å². The topological polar surface area (TPSA) is 58.6 Å². The zero-order valence-electron chi connectivity index (χ0n) is 17.0. The predicted molar refractivity (Wildman–Crippen MR) is 119 cm³/mol. The SMILES string of the molecule is C[C@@H](C(=O)NC(C)(C)C)N(Cc1cccc(Br)c1)C(=O)COc1cccc(Cl)c1. The van der Waals surface area contributed by atoms with E-state index in [1.165, 1.54) is 4.90 Å². The van der Waals surface area contributed by atoms with E-state index in [-0.39, 0.29) is 25.0 Å². The summed E-state index contributed by atoms with van der Waals surface area (Å²) >= 11 is 9.41. The molecule has 0 aromatic heterocycles. The number of nitrogens with zero attached hydrogens (tertiary/aromatic N) is 1. The van der Waals surface area contributed by atoms with Crippen LogP contribution in [0.15, 0.2) is 53.0 Å². The minimum Gasteiger partial charge on any atom is -0.484 e. The Morgan fingerprint density at radius 1 is 1.17 bits per heavy atom. The van der Waals surface area contributed by atoms with Crippen LogP contribution in [-0.2, 0) is 16.1 Å². The van der Waals surface area contributed by atoms with Crippen LogP contribution in [0, 0.1) is 0 Å². The van der Waals surface area contributed by atoms with Crippen molar-refractivity contribution in [3.05, 3.63) is 63.6 Å². The van der Waals surface area contributed by atoms with Crippen molar-refractivity contribution < 1.29 is 14.3 Å². The quantitative estimate of drug-likeness (QED) is 0.617. The minimum atomic E-state index is -0.663. The Kier molecular flexibility index (Phi) is 8.11. The highest BCUT2D eigenvalue weighted by Crippen LogP contribution is 2.19. The first-order chi connectivity index (χ1) is 13.5. The second-order valence-corrected chi connectivity index (χ2v) is 9.16. The summed E-state index contributed by atoms with van der Waals surface area (Å²) in [5, 5.41) is 3.46. The van der Waals surface area contributed by atoms with Crippen LogP contribution in [0.1, 0.15) is 33.3 Å². The van der Waals surface area contributed by atoms with Gasteiger partial charge in [0.2, 0.25) is 5.91 Å². The van der Waals surface area contributed by atoms with Crippen molar-refractivity contribution in [2.24, 2.45) is 0 Å². The molecule has 0 saturated carbocycles. The van der Waals surface area contributed by atoms with Crippen LogP contribution in [0.25, 0.3) is 0 Å². The summed E-state index contributed by atoms with van der Waals surface area (Å²) in [6.45, 7) is 7.52. The van der Waals surface area contributed by atoms with Gasteiger partial charge in [-0.2, -0.15) is 0 Å². The van der Waals surface area contributed by atoms with Crippen molar-refractivity contribution in [1.29, 1.82) is 0 Å². The zero-order chi connectivity index (χ0) is 21.6. The Morgan fingerprint density at radius 2 is 1.86 bits per heavy atom. The molecule has 29 heavy (non-hydrogen) atoms. The zero-order valence-corrected chi connectivity index (χ0v) is 19.4. The maximum atomic E-state index is 13.0. The molecule has 0 spiro atoms. The number of carbonyl (C=O) groups excluding carboxylic acids is 2. The fourth-order valence-electron chi connectivity index (χ4n) is 2.67. The number of halogens is 2. The van der Waals surface area contributed by atoms with Crippen molar-refractivity contribution in [2.75, 3.05) is 6.61 Å². The van der Waals surface area contributed by atoms with E-state index >= 15 is 0 Å². The third kappa shape index (κ3) is 7.71. The third-order valence-electron chi connectivity index (χ3n) is 4.07. The third-order valence-corrected chi connectivity index (χ3v) is 4.79. The van der Waals surface area contributed by atoms with Gasteiger partial charge in [0.15, 0.2) is 6.61 Å². The van der Waals surface area contributed by atoms with Gasteiger partial charge in [-0.05, 0) is 63.6 Å². The molecule has 0 aliphatic heterocycles. The average Bonchev–Trinajstić information content (AvgIpc) is 2.62. The largest absolute Gasteiger partial charge is 0.484 e. The van der Waals surface area contributed by atoms with Gasteiger partial charge in [-0.15, -0.1) is 0 Å². The highest BCUT2D eigenvalue weighted by molar-refractivity contribution is 9.10. The van der Waals surface area contributed by atoms with Gasteiger partial charge < -0.3 is 15.0 Å². The monoisotopic (exact) mass is 480 g/mol. The molecule has 0 heterocycles. The molecule has 2 amide bonds. The number of nitrogens with one attached hydrogen (secondary N) is 1. The van der Waals surface area contributed by atoms with Gasteiger partial charge >= 0.3 is 0 Å². The summed E-state index contributed by atoms with van der Waals surface area (Å²) in [5.74, 6) is -0.00911. The first-order valence-corrected chi connectivity index (χ1v) is 10.5. The molecule has 0 aliphatic rings. The first kappa shape index (κ1) is 23.2. The van der Waals surface area contributed by atoms with Gasteiger partial charge in [-0.3, -0.25) is 9.59 Å². The van der Waals surface area contributed by atoms with Crippen molar-refractivity contribution in [2.45, 2.75) is 45.8 Å². The molecule has 0 aliphatic carbocycles. The molecule has 2 rings (SSSR count). The predicted octanol–water partition coefficient (Wildman–Crippen LogP) is 4.81. The summed E-state index contributed by atoms with van der Waals surface area (Å²) < 4.78 is 6.51. The highest BCUT2D eigenvalue weighted by Gasteiger charge is 2.28. The van der Waals surface area contributed by atoms with Crippen LogP contribution in [-0.4, -0.2) is 34.9 Å². The number of benzene rings is 2. The Hall–Kier alpha value is -2.05. The molecular formula is C22H26BrClN2O3. The number of carbonyl (C=O) groups is 2. The van der Waals surface area contributed by atoms with E-state index in [1.807, 2.05) is 45.0 Å². The summed E-state index contributed by atoms with van der Waals surface area (Å²) in [4.78, 5) is 27.2. The van der Waals surface area contributed by atoms with E-state index in [9.17, 15) is 9.59 Å².